The molecule has 2 aromatic carbocycles. The minimum Gasteiger partial charge on any atom is -0.258 e. The summed E-state index contributed by atoms with van der Waals surface area (Å²) in [6.45, 7) is 0. The van der Waals surface area contributed by atoms with Crippen molar-refractivity contribution in [2.24, 2.45) is 5.11 Å². The number of aromatic nitrogens is 1. The van der Waals surface area contributed by atoms with E-state index in [0.29, 0.717) is 27.5 Å². The predicted molar refractivity (Wildman–Crippen MR) is 74.7 cm³/mol. The zero-order valence-electron chi connectivity index (χ0n) is 10.1. The number of nitro groups is 1. The summed E-state index contributed by atoms with van der Waals surface area (Å²) in [5.74, 6) is 0. The van der Waals surface area contributed by atoms with Gasteiger partial charge in [-0.2, -0.15) is 0 Å². The van der Waals surface area contributed by atoms with Crippen LogP contribution >= 0.6 is 0 Å². The first-order valence-electron chi connectivity index (χ1n) is 5.72. The highest BCUT2D eigenvalue weighted by Crippen LogP contribution is 2.34. The molecule has 0 atom stereocenters. The quantitative estimate of drug-likeness (QED) is 0.173. The number of para-hydroxylation sites is 1. The second kappa shape index (κ2) is 4.49. The molecule has 3 aromatic rings. The zero-order valence-corrected chi connectivity index (χ0v) is 10.1. The monoisotopic (exact) mass is 265 g/mol. The van der Waals surface area contributed by atoms with E-state index in [1.54, 1.807) is 24.3 Å². The Morgan fingerprint density at radius 2 is 1.90 bits per heavy atom. The molecule has 0 N–H and O–H groups in total. The van der Waals surface area contributed by atoms with Crippen LogP contribution < -0.4 is 0 Å². The van der Waals surface area contributed by atoms with Crippen LogP contribution in [0.15, 0.2) is 47.6 Å². The van der Waals surface area contributed by atoms with Crippen molar-refractivity contribution in [2.45, 2.75) is 0 Å². The molecular weight excluding hydrogens is 258 g/mol. The maximum Gasteiger partial charge on any atom is 0.271 e. The number of hydrogen-bond acceptors (Lipinski definition) is 4. The molecule has 0 bridgehead atoms. The molecule has 0 aliphatic rings. The van der Waals surface area contributed by atoms with Gasteiger partial charge in [0, 0.05) is 27.8 Å². The third-order valence-electron chi connectivity index (χ3n) is 2.99. The Hall–Kier alpha value is -3.18. The van der Waals surface area contributed by atoms with Crippen LogP contribution in [0.5, 0.6) is 0 Å². The minimum absolute atomic E-state index is 0.0489. The Morgan fingerprint density at radius 1 is 1.15 bits per heavy atom. The number of pyridine rings is 1. The summed E-state index contributed by atoms with van der Waals surface area (Å²) in [5, 5.41) is 15.8. The van der Waals surface area contributed by atoms with Gasteiger partial charge in [-0.3, -0.25) is 10.1 Å². The number of non-ortho nitro benzene ring substituents is 1. The average Bonchev–Trinajstić information content (AvgIpc) is 2.46. The van der Waals surface area contributed by atoms with Gasteiger partial charge in [-0.1, -0.05) is 23.3 Å². The third-order valence-corrected chi connectivity index (χ3v) is 2.99. The topological polar surface area (TPSA) is 105 Å². The second-order valence-electron chi connectivity index (χ2n) is 4.13. The SMILES string of the molecule is [N-]=[N+]=Nc1c2ccccc2nc2cc([N+](=O)[O-])ccc12. The second-order valence-corrected chi connectivity index (χ2v) is 4.13. The summed E-state index contributed by atoms with van der Waals surface area (Å²) in [4.78, 5) is 17.5. The Bertz CT molecular complexity index is 900. The van der Waals surface area contributed by atoms with E-state index in [1.807, 2.05) is 6.07 Å². The van der Waals surface area contributed by atoms with Crippen LogP contribution in [0.25, 0.3) is 32.2 Å². The van der Waals surface area contributed by atoms with Crippen LogP contribution in [0.1, 0.15) is 0 Å². The first kappa shape index (κ1) is 11.9. The van der Waals surface area contributed by atoms with E-state index in [4.69, 9.17) is 5.53 Å². The normalized spacial score (nSPS) is 10.4. The van der Waals surface area contributed by atoms with Crippen LogP contribution in [-0.4, -0.2) is 9.91 Å². The maximum atomic E-state index is 10.8. The fourth-order valence-electron chi connectivity index (χ4n) is 2.13. The van der Waals surface area contributed by atoms with Gasteiger partial charge in [-0.25, -0.2) is 4.98 Å². The molecule has 0 amide bonds. The predicted octanol–water partition coefficient (Wildman–Crippen LogP) is 4.24. The molecule has 96 valence electrons. The molecular formula is C13H7N5O2. The van der Waals surface area contributed by atoms with Crippen molar-refractivity contribution in [3.8, 4) is 0 Å². The highest BCUT2D eigenvalue weighted by molar-refractivity contribution is 6.06. The van der Waals surface area contributed by atoms with Crippen molar-refractivity contribution in [1.82, 2.24) is 4.98 Å². The third kappa shape index (κ3) is 1.79. The summed E-state index contributed by atoms with van der Waals surface area (Å²) < 4.78 is 0. The van der Waals surface area contributed by atoms with Gasteiger partial charge < -0.3 is 0 Å². The molecule has 0 saturated carbocycles. The van der Waals surface area contributed by atoms with E-state index in [2.05, 4.69) is 15.0 Å². The van der Waals surface area contributed by atoms with Crippen LogP contribution in [0, 0.1) is 10.1 Å². The zero-order chi connectivity index (χ0) is 14.1. The summed E-state index contributed by atoms with van der Waals surface area (Å²) in [5.41, 5.74) is 10.2. The Balaban J connectivity index is 2.49. The number of hydrogen-bond donors (Lipinski definition) is 0. The lowest BCUT2D eigenvalue weighted by atomic mass is 10.1. The largest absolute Gasteiger partial charge is 0.271 e. The van der Waals surface area contributed by atoms with E-state index in [0.717, 1.165) is 0 Å². The summed E-state index contributed by atoms with van der Waals surface area (Å²) >= 11 is 0. The standard InChI is InChI=1S/C13H7N5O2/c14-17-16-13-9-3-1-2-4-11(9)15-12-7-8(18(19)20)5-6-10(12)13/h1-7H. The molecule has 1 aromatic heterocycles. The van der Waals surface area contributed by atoms with Crippen LogP contribution in [0.4, 0.5) is 11.4 Å². The van der Waals surface area contributed by atoms with Gasteiger partial charge in [0.1, 0.15) is 0 Å². The molecule has 0 unspecified atom stereocenters. The van der Waals surface area contributed by atoms with E-state index < -0.39 is 4.92 Å². The average molecular weight is 265 g/mol. The maximum absolute atomic E-state index is 10.8. The van der Waals surface area contributed by atoms with E-state index in [9.17, 15) is 10.1 Å². The number of rotatable bonds is 2. The van der Waals surface area contributed by atoms with Gasteiger partial charge in [0.25, 0.3) is 5.69 Å². The number of azide groups is 1. The number of nitrogens with zero attached hydrogens (tertiary/aromatic N) is 5. The fraction of sp³-hybridized carbons (Fsp3) is 0. The summed E-state index contributed by atoms with van der Waals surface area (Å²) in [6, 6.07) is 11.5. The number of nitro benzene ring substituents is 1. The fourth-order valence-corrected chi connectivity index (χ4v) is 2.13. The van der Waals surface area contributed by atoms with Crippen molar-refractivity contribution in [3.63, 3.8) is 0 Å². The van der Waals surface area contributed by atoms with E-state index >= 15 is 0 Å². The highest BCUT2D eigenvalue weighted by Gasteiger charge is 2.12. The Labute approximate surface area is 112 Å². The number of fused-ring (bicyclic) bond motifs is 2. The van der Waals surface area contributed by atoms with Gasteiger partial charge in [0.05, 0.1) is 21.6 Å². The van der Waals surface area contributed by atoms with E-state index in [-0.39, 0.29) is 5.69 Å². The smallest absolute Gasteiger partial charge is 0.258 e. The van der Waals surface area contributed by atoms with Gasteiger partial charge in [0.2, 0.25) is 0 Å². The van der Waals surface area contributed by atoms with Gasteiger partial charge in [-0.05, 0) is 17.7 Å². The molecule has 0 spiro atoms. The molecule has 0 aliphatic heterocycles. The van der Waals surface area contributed by atoms with Crippen molar-refractivity contribution in [3.05, 3.63) is 63.0 Å². The molecule has 0 saturated heterocycles. The van der Waals surface area contributed by atoms with Crippen molar-refractivity contribution < 1.29 is 4.92 Å². The first-order valence-corrected chi connectivity index (χ1v) is 5.72. The minimum atomic E-state index is -0.483. The Morgan fingerprint density at radius 3 is 2.65 bits per heavy atom. The highest BCUT2D eigenvalue weighted by atomic mass is 16.6. The molecule has 20 heavy (non-hydrogen) atoms. The molecule has 0 fully saturated rings. The van der Waals surface area contributed by atoms with Gasteiger partial charge in [0.15, 0.2) is 0 Å². The lowest BCUT2D eigenvalue weighted by Crippen LogP contribution is -1.89. The van der Waals surface area contributed by atoms with Crippen LogP contribution in [-0.2, 0) is 0 Å². The van der Waals surface area contributed by atoms with Gasteiger partial charge >= 0.3 is 0 Å². The molecule has 7 nitrogen and oxygen atoms in total. The molecule has 0 radical (unpaired) electrons. The molecule has 7 heteroatoms. The van der Waals surface area contributed by atoms with Crippen molar-refractivity contribution in [1.29, 1.82) is 0 Å². The lowest BCUT2D eigenvalue weighted by Gasteiger charge is -2.06. The molecule has 0 aliphatic carbocycles. The number of benzene rings is 2. The first-order chi connectivity index (χ1) is 9.70. The molecule has 3 rings (SSSR count). The summed E-state index contributed by atoms with van der Waals surface area (Å²) in [6.07, 6.45) is 0. The Kier molecular flexibility index (Phi) is 2.67. The van der Waals surface area contributed by atoms with Crippen LogP contribution in [0.2, 0.25) is 0 Å². The molecule has 1 heterocycles. The lowest BCUT2D eigenvalue weighted by molar-refractivity contribution is -0.384. The van der Waals surface area contributed by atoms with Crippen molar-refractivity contribution >= 4 is 33.2 Å². The summed E-state index contributed by atoms with van der Waals surface area (Å²) in [7, 11) is 0. The van der Waals surface area contributed by atoms with E-state index in [1.165, 1.54) is 12.1 Å². The van der Waals surface area contributed by atoms with Crippen molar-refractivity contribution in [2.75, 3.05) is 0 Å². The van der Waals surface area contributed by atoms with Gasteiger partial charge in [-0.15, -0.1) is 0 Å². The van der Waals surface area contributed by atoms with Crippen LogP contribution in [0.3, 0.4) is 0 Å².